The van der Waals surface area contributed by atoms with Gasteiger partial charge in [-0.3, -0.25) is 4.99 Å². The molecule has 0 spiro atoms. The summed E-state index contributed by atoms with van der Waals surface area (Å²) in [6, 6.07) is 4.22. The minimum atomic E-state index is -0.220. The first-order valence-electron chi connectivity index (χ1n) is 7.64. The van der Waals surface area contributed by atoms with Crippen LogP contribution in [0.5, 0.6) is 0 Å². The number of ether oxygens (including phenoxy) is 1. The monoisotopic (exact) mass is 324 g/mol. The molecule has 1 aromatic heterocycles. The molecule has 2 rings (SSSR count). The lowest BCUT2D eigenvalue weighted by molar-refractivity contribution is 0.0915. The molecule has 1 saturated heterocycles. The van der Waals surface area contributed by atoms with E-state index in [-0.39, 0.29) is 6.09 Å². The standard InChI is InChI=1S/C15H24N4O2S/c1-3-21-15(20)19-10-8-18(9-11-19)14(16-2)17-7-6-13-5-4-12-22-13/h4-5,12H,3,6-11H2,1-2H3,(H,16,17). The van der Waals surface area contributed by atoms with Crippen LogP contribution in [-0.2, 0) is 11.2 Å². The summed E-state index contributed by atoms with van der Waals surface area (Å²) in [6.45, 7) is 6.01. The van der Waals surface area contributed by atoms with E-state index in [9.17, 15) is 4.79 Å². The highest BCUT2D eigenvalue weighted by Crippen LogP contribution is 2.08. The third kappa shape index (κ3) is 4.62. The highest BCUT2D eigenvalue weighted by Gasteiger charge is 2.23. The Bertz CT molecular complexity index is 482. The number of amides is 1. The molecule has 1 amide bonds. The topological polar surface area (TPSA) is 57.2 Å². The van der Waals surface area contributed by atoms with Crippen LogP contribution in [0.15, 0.2) is 22.5 Å². The number of hydrogen-bond acceptors (Lipinski definition) is 4. The first kappa shape index (κ1) is 16.6. The highest BCUT2D eigenvalue weighted by molar-refractivity contribution is 7.09. The molecule has 0 atom stereocenters. The Labute approximate surface area is 135 Å². The Morgan fingerprint density at radius 2 is 2.09 bits per heavy atom. The van der Waals surface area contributed by atoms with E-state index in [0.29, 0.717) is 19.7 Å². The summed E-state index contributed by atoms with van der Waals surface area (Å²) < 4.78 is 5.03. The van der Waals surface area contributed by atoms with E-state index in [0.717, 1.165) is 32.0 Å². The Hall–Kier alpha value is -1.76. The number of hydrogen-bond donors (Lipinski definition) is 1. The lowest BCUT2D eigenvalue weighted by Gasteiger charge is -2.35. The number of aliphatic imine (C=N–C) groups is 1. The summed E-state index contributed by atoms with van der Waals surface area (Å²) in [6.07, 6.45) is 0.780. The van der Waals surface area contributed by atoms with Gasteiger partial charge in [0.1, 0.15) is 0 Å². The number of carbonyl (C=O) groups excluding carboxylic acids is 1. The van der Waals surface area contributed by atoms with E-state index in [1.165, 1.54) is 4.88 Å². The average Bonchev–Trinajstić information content (AvgIpc) is 3.05. The molecule has 122 valence electrons. The zero-order valence-electron chi connectivity index (χ0n) is 13.2. The van der Waals surface area contributed by atoms with Crippen LogP contribution < -0.4 is 5.32 Å². The molecule has 0 saturated carbocycles. The van der Waals surface area contributed by atoms with Crippen LogP contribution in [0.1, 0.15) is 11.8 Å². The zero-order chi connectivity index (χ0) is 15.8. The van der Waals surface area contributed by atoms with Crippen molar-refractivity contribution in [2.24, 2.45) is 4.99 Å². The summed E-state index contributed by atoms with van der Waals surface area (Å²) >= 11 is 1.77. The molecule has 0 aliphatic carbocycles. The maximum atomic E-state index is 11.7. The molecule has 1 aliphatic rings. The molecule has 0 aromatic carbocycles. The van der Waals surface area contributed by atoms with Crippen LogP contribution in [0.25, 0.3) is 0 Å². The highest BCUT2D eigenvalue weighted by atomic mass is 32.1. The number of nitrogens with one attached hydrogen (secondary N) is 1. The van der Waals surface area contributed by atoms with E-state index < -0.39 is 0 Å². The Morgan fingerprint density at radius 3 is 2.68 bits per heavy atom. The molecule has 0 bridgehead atoms. The number of nitrogens with zero attached hydrogens (tertiary/aromatic N) is 3. The lowest BCUT2D eigenvalue weighted by atomic mass is 10.3. The van der Waals surface area contributed by atoms with Gasteiger partial charge in [-0.05, 0) is 24.8 Å². The number of guanidine groups is 1. The fourth-order valence-electron chi connectivity index (χ4n) is 2.40. The van der Waals surface area contributed by atoms with Gasteiger partial charge in [0.2, 0.25) is 0 Å². The second kappa shape index (κ2) is 8.63. The van der Waals surface area contributed by atoms with Gasteiger partial charge >= 0.3 is 6.09 Å². The van der Waals surface area contributed by atoms with Crippen molar-refractivity contribution in [1.82, 2.24) is 15.1 Å². The van der Waals surface area contributed by atoms with Crippen molar-refractivity contribution in [3.8, 4) is 0 Å². The van der Waals surface area contributed by atoms with E-state index in [4.69, 9.17) is 4.74 Å². The van der Waals surface area contributed by atoms with E-state index in [1.54, 1.807) is 23.3 Å². The Kier molecular flexibility index (Phi) is 6.51. The third-order valence-corrected chi connectivity index (χ3v) is 4.49. The molecule has 22 heavy (non-hydrogen) atoms. The van der Waals surface area contributed by atoms with Crippen molar-refractivity contribution >= 4 is 23.4 Å². The van der Waals surface area contributed by atoms with E-state index in [1.807, 2.05) is 6.92 Å². The van der Waals surface area contributed by atoms with Crippen molar-refractivity contribution in [3.63, 3.8) is 0 Å². The van der Waals surface area contributed by atoms with Crippen molar-refractivity contribution in [3.05, 3.63) is 22.4 Å². The summed E-state index contributed by atoms with van der Waals surface area (Å²) in [5.74, 6) is 0.903. The number of carbonyl (C=O) groups is 1. The first-order valence-corrected chi connectivity index (χ1v) is 8.52. The van der Waals surface area contributed by atoms with Crippen LogP contribution in [0.3, 0.4) is 0 Å². The van der Waals surface area contributed by atoms with E-state index in [2.05, 4.69) is 32.7 Å². The molecule has 0 radical (unpaired) electrons. The second-order valence-electron chi connectivity index (χ2n) is 4.98. The summed E-state index contributed by atoms with van der Waals surface area (Å²) in [5.41, 5.74) is 0. The Morgan fingerprint density at radius 1 is 1.36 bits per heavy atom. The second-order valence-corrected chi connectivity index (χ2v) is 6.01. The van der Waals surface area contributed by atoms with Crippen molar-refractivity contribution in [2.45, 2.75) is 13.3 Å². The lowest BCUT2D eigenvalue weighted by Crippen LogP contribution is -2.54. The SMILES string of the molecule is CCOC(=O)N1CCN(C(=NC)NCCc2cccs2)CC1. The van der Waals surface area contributed by atoms with Crippen LogP contribution in [-0.4, -0.2) is 68.2 Å². The fourth-order valence-corrected chi connectivity index (χ4v) is 3.11. The third-order valence-electron chi connectivity index (χ3n) is 3.55. The number of piperazine rings is 1. The molecule has 1 aliphatic heterocycles. The van der Waals surface area contributed by atoms with Crippen LogP contribution in [0.4, 0.5) is 4.79 Å². The molecule has 6 nitrogen and oxygen atoms in total. The van der Waals surface area contributed by atoms with Crippen LogP contribution in [0, 0.1) is 0 Å². The Balaban J connectivity index is 1.74. The van der Waals surface area contributed by atoms with Crippen LogP contribution >= 0.6 is 11.3 Å². The van der Waals surface area contributed by atoms with Gasteiger partial charge in [-0.2, -0.15) is 0 Å². The van der Waals surface area contributed by atoms with E-state index >= 15 is 0 Å². The smallest absolute Gasteiger partial charge is 0.409 e. The van der Waals surface area contributed by atoms with Gasteiger partial charge in [-0.1, -0.05) is 6.07 Å². The number of thiophene rings is 1. The van der Waals surface area contributed by atoms with Gasteiger partial charge in [0.05, 0.1) is 6.61 Å². The quantitative estimate of drug-likeness (QED) is 0.676. The molecule has 1 N–H and O–H groups in total. The molecule has 0 unspecified atom stereocenters. The zero-order valence-corrected chi connectivity index (χ0v) is 14.1. The normalized spacial score (nSPS) is 15.8. The molecule has 2 heterocycles. The van der Waals surface area contributed by atoms with Crippen molar-refractivity contribution < 1.29 is 9.53 Å². The molecular weight excluding hydrogens is 300 g/mol. The van der Waals surface area contributed by atoms with Crippen molar-refractivity contribution in [1.29, 1.82) is 0 Å². The maximum Gasteiger partial charge on any atom is 0.409 e. The largest absolute Gasteiger partial charge is 0.450 e. The summed E-state index contributed by atoms with van der Waals surface area (Å²) in [7, 11) is 1.80. The predicted molar refractivity (Wildman–Crippen MR) is 89.6 cm³/mol. The average molecular weight is 324 g/mol. The first-order chi connectivity index (χ1) is 10.7. The summed E-state index contributed by atoms with van der Waals surface area (Å²) in [4.78, 5) is 21.3. The minimum absolute atomic E-state index is 0.220. The van der Waals surface area contributed by atoms with Gasteiger partial charge in [-0.25, -0.2) is 4.79 Å². The molecular formula is C15H24N4O2S. The van der Waals surface area contributed by atoms with Crippen LogP contribution in [0.2, 0.25) is 0 Å². The number of rotatable bonds is 4. The molecule has 7 heteroatoms. The van der Waals surface area contributed by atoms with Gasteiger partial charge in [0, 0.05) is 44.6 Å². The van der Waals surface area contributed by atoms with Gasteiger partial charge in [-0.15, -0.1) is 11.3 Å². The molecule has 1 aromatic rings. The minimum Gasteiger partial charge on any atom is -0.450 e. The maximum absolute atomic E-state index is 11.7. The van der Waals surface area contributed by atoms with Crippen molar-refractivity contribution in [2.75, 3.05) is 46.4 Å². The summed E-state index contributed by atoms with van der Waals surface area (Å²) in [5, 5.41) is 5.49. The van der Waals surface area contributed by atoms with Gasteiger partial charge in [0.25, 0.3) is 0 Å². The van der Waals surface area contributed by atoms with Gasteiger partial charge in [0.15, 0.2) is 5.96 Å². The molecule has 1 fully saturated rings. The fraction of sp³-hybridized carbons (Fsp3) is 0.600. The van der Waals surface area contributed by atoms with Gasteiger partial charge < -0.3 is 19.9 Å². The predicted octanol–water partition coefficient (Wildman–Crippen LogP) is 1.64.